The summed E-state index contributed by atoms with van der Waals surface area (Å²) in [6.07, 6.45) is 6.48. The van der Waals surface area contributed by atoms with Crippen molar-refractivity contribution in [2.45, 2.75) is 33.1 Å². The quantitative estimate of drug-likeness (QED) is 0.751. The van der Waals surface area contributed by atoms with Gasteiger partial charge in [-0.25, -0.2) is 15.0 Å². The highest BCUT2D eigenvalue weighted by atomic mass is 16.5. The molecule has 2 aromatic heterocycles. The third-order valence-corrected chi connectivity index (χ3v) is 4.20. The molecule has 132 valence electrons. The number of aromatic nitrogens is 4. The third kappa shape index (κ3) is 3.55. The van der Waals surface area contributed by atoms with Gasteiger partial charge in [-0.2, -0.15) is 0 Å². The Kier molecular flexibility index (Phi) is 4.83. The fraction of sp³-hybridized carbons (Fsp3) is 0.444. The second-order valence-corrected chi connectivity index (χ2v) is 6.21. The minimum absolute atomic E-state index is 0.164. The van der Waals surface area contributed by atoms with Crippen LogP contribution in [0.2, 0.25) is 0 Å². The first kappa shape index (κ1) is 17.1. The van der Waals surface area contributed by atoms with Crippen LogP contribution in [0, 0.1) is 0 Å². The van der Waals surface area contributed by atoms with Crippen molar-refractivity contribution in [1.82, 2.24) is 19.5 Å². The molecule has 7 heteroatoms. The average Bonchev–Trinajstić information content (AvgIpc) is 3.23. The number of nitrogens with zero attached hydrogens (tertiary/aromatic N) is 5. The second-order valence-electron chi connectivity index (χ2n) is 6.21. The minimum Gasteiger partial charge on any atom is -0.465 e. The maximum absolute atomic E-state index is 11.8. The van der Waals surface area contributed by atoms with E-state index in [1.54, 1.807) is 13.3 Å². The molecule has 0 spiro atoms. The summed E-state index contributed by atoms with van der Waals surface area (Å²) in [5, 5.41) is 0. The molecule has 0 saturated heterocycles. The monoisotopic (exact) mass is 341 g/mol. The van der Waals surface area contributed by atoms with E-state index >= 15 is 0 Å². The molecule has 2 aromatic rings. The average molecular weight is 341 g/mol. The van der Waals surface area contributed by atoms with Crippen molar-refractivity contribution in [1.29, 1.82) is 0 Å². The van der Waals surface area contributed by atoms with Crippen LogP contribution in [-0.2, 0) is 22.4 Å². The summed E-state index contributed by atoms with van der Waals surface area (Å²) < 4.78 is 6.89. The SMILES string of the molecule is C=C(C)n1cnc(-c2nc3c(c(N(C)CC(=O)OCC)n2)CCC3)c1. The van der Waals surface area contributed by atoms with Crippen molar-refractivity contribution in [3.8, 4) is 11.5 Å². The van der Waals surface area contributed by atoms with Crippen LogP contribution in [-0.4, -0.2) is 45.7 Å². The van der Waals surface area contributed by atoms with Gasteiger partial charge in [-0.15, -0.1) is 0 Å². The van der Waals surface area contributed by atoms with Gasteiger partial charge in [0.25, 0.3) is 0 Å². The molecule has 0 atom stereocenters. The number of likely N-dealkylation sites (N-methyl/N-ethyl adjacent to an activating group) is 1. The molecule has 0 fully saturated rings. The highest BCUT2D eigenvalue weighted by Gasteiger charge is 2.23. The third-order valence-electron chi connectivity index (χ3n) is 4.20. The molecule has 0 amide bonds. The normalized spacial score (nSPS) is 12.8. The molecule has 0 radical (unpaired) electrons. The molecule has 0 bridgehead atoms. The van der Waals surface area contributed by atoms with Crippen molar-refractivity contribution in [2.24, 2.45) is 0 Å². The number of ether oxygens (including phenoxy) is 1. The Morgan fingerprint density at radius 2 is 2.20 bits per heavy atom. The molecule has 7 nitrogen and oxygen atoms in total. The van der Waals surface area contributed by atoms with Crippen molar-refractivity contribution in [3.63, 3.8) is 0 Å². The van der Waals surface area contributed by atoms with E-state index in [1.165, 1.54) is 0 Å². The predicted molar refractivity (Wildman–Crippen MR) is 96.2 cm³/mol. The molecule has 0 unspecified atom stereocenters. The molecule has 0 aliphatic heterocycles. The largest absolute Gasteiger partial charge is 0.465 e. The summed E-state index contributed by atoms with van der Waals surface area (Å²) in [5.74, 6) is 1.10. The molecule has 2 heterocycles. The molecular weight excluding hydrogens is 318 g/mol. The molecule has 0 aromatic carbocycles. The number of allylic oxidation sites excluding steroid dienone is 1. The molecule has 3 rings (SSSR count). The number of carbonyl (C=O) groups is 1. The van der Waals surface area contributed by atoms with Crippen LogP contribution in [0.4, 0.5) is 5.82 Å². The molecule has 0 N–H and O–H groups in total. The fourth-order valence-corrected chi connectivity index (χ4v) is 2.97. The van der Waals surface area contributed by atoms with Gasteiger partial charge in [-0.3, -0.25) is 4.79 Å². The topological polar surface area (TPSA) is 73.1 Å². The highest BCUT2D eigenvalue weighted by Crippen LogP contribution is 2.30. The van der Waals surface area contributed by atoms with E-state index < -0.39 is 0 Å². The lowest BCUT2D eigenvalue weighted by Gasteiger charge is -2.20. The van der Waals surface area contributed by atoms with Crippen molar-refractivity contribution < 1.29 is 9.53 Å². The first-order chi connectivity index (χ1) is 12.0. The maximum atomic E-state index is 11.8. The summed E-state index contributed by atoms with van der Waals surface area (Å²) >= 11 is 0. The number of hydrogen-bond acceptors (Lipinski definition) is 6. The smallest absolute Gasteiger partial charge is 0.325 e. The number of anilines is 1. The lowest BCUT2D eigenvalue weighted by molar-refractivity contribution is -0.141. The molecule has 25 heavy (non-hydrogen) atoms. The van der Waals surface area contributed by atoms with Crippen LogP contribution in [0.15, 0.2) is 19.1 Å². The van der Waals surface area contributed by atoms with Gasteiger partial charge in [0.05, 0.1) is 12.9 Å². The number of carbonyl (C=O) groups excluding carboxylic acids is 1. The zero-order valence-electron chi connectivity index (χ0n) is 14.9. The standard InChI is InChI=1S/C18H23N5O2/c1-5-25-16(24)10-22(4)18-13-7-6-8-14(13)20-17(21-18)15-9-23(11-19-15)12(2)3/h9,11H,2,5-8,10H2,1,3-4H3. The van der Waals surface area contributed by atoms with Crippen molar-refractivity contribution in [2.75, 3.05) is 25.1 Å². The van der Waals surface area contributed by atoms with Gasteiger partial charge in [-0.1, -0.05) is 6.58 Å². The van der Waals surface area contributed by atoms with Crippen LogP contribution in [0.1, 0.15) is 31.5 Å². The van der Waals surface area contributed by atoms with Crippen LogP contribution >= 0.6 is 0 Å². The second kappa shape index (κ2) is 7.04. The van der Waals surface area contributed by atoms with Crippen LogP contribution in [0.5, 0.6) is 0 Å². The number of aryl methyl sites for hydroxylation is 1. The van der Waals surface area contributed by atoms with Gasteiger partial charge in [0.2, 0.25) is 0 Å². The zero-order valence-corrected chi connectivity index (χ0v) is 14.9. The summed E-state index contributed by atoms with van der Waals surface area (Å²) in [6, 6.07) is 0. The Morgan fingerprint density at radius 1 is 1.40 bits per heavy atom. The number of fused-ring (bicyclic) bond motifs is 1. The van der Waals surface area contributed by atoms with E-state index in [1.807, 2.05) is 29.6 Å². The van der Waals surface area contributed by atoms with E-state index in [2.05, 4.69) is 11.6 Å². The van der Waals surface area contributed by atoms with E-state index in [9.17, 15) is 4.79 Å². The molecule has 1 aliphatic rings. The number of esters is 1. The lowest BCUT2D eigenvalue weighted by atomic mass is 10.2. The van der Waals surface area contributed by atoms with Gasteiger partial charge >= 0.3 is 5.97 Å². The van der Waals surface area contributed by atoms with Crippen LogP contribution < -0.4 is 4.90 Å². The molecular formula is C18H23N5O2. The van der Waals surface area contributed by atoms with E-state index in [4.69, 9.17) is 14.7 Å². The van der Waals surface area contributed by atoms with Gasteiger partial charge < -0.3 is 14.2 Å². The highest BCUT2D eigenvalue weighted by molar-refractivity contribution is 5.76. The Morgan fingerprint density at radius 3 is 2.88 bits per heavy atom. The summed E-state index contributed by atoms with van der Waals surface area (Å²) in [5.41, 5.74) is 3.73. The summed E-state index contributed by atoms with van der Waals surface area (Å²) in [7, 11) is 1.86. The van der Waals surface area contributed by atoms with Gasteiger partial charge in [0.1, 0.15) is 18.1 Å². The van der Waals surface area contributed by atoms with Crippen LogP contribution in [0.3, 0.4) is 0 Å². The first-order valence-corrected chi connectivity index (χ1v) is 8.46. The Hall–Kier alpha value is -2.70. The fourth-order valence-electron chi connectivity index (χ4n) is 2.97. The Labute approximate surface area is 147 Å². The predicted octanol–water partition coefficient (Wildman–Crippen LogP) is 2.32. The van der Waals surface area contributed by atoms with Gasteiger partial charge in [-0.05, 0) is 33.1 Å². The molecule has 0 saturated carbocycles. The Balaban J connectivity index is 1.96. The van der Waals surface area contributed by atoms with Crippen LogP contribution in [0.25, 0.3) is 17.2 Å². The zero-order chi connectivity index (χ0) is 18.0. The number of imidazole rings is 1. The van der Waals surface area contributed by atoms with E-state index in [0.29, 0.717) is 18.1 Å². The van der Waals surface area contributed by atoms with Gasteiger partial charge in [0, 0.05) is 30.2 Å². The van der Waals surface area contributed by atoms with Crippen molar-refractivity contribution in [3.05, 3.63) is 30.4 Å². The van der Waals surface area contributed by atoms with E-state index in [-0.39, 0.29) is 12.5 Å². The van der Waals surface area contributed by atoms with E-state index in [0.717, 1.165) is 42.0 Å². The lowest BCUT2D eigenvalue weighted by Crippen LogP contribution is -2.29. The summed E-state index contributed by atoms with van der Waals surface area (Å²) in [6.45, 7) is 8.16. The number of rotatable bonds is 6. The first-order valence-electron chi connectivity index (χ1n) is 8.46. The maximum Gasteiger partial charge on any atom is 0.325 e. The summed E-state index contributed by atoms with van der Waals surface area (Å²) in [4.78, 5) is 27.5. The molecule has 1 aliphatic carbocycles. The van der Waals surface area contributed by atoms with Gasteiger partial charge in [0.15, 0.2) is 5.82 Å². The Bertz CT molecular complexity index is 812. The minimum atomic E-state index is -0.261. The van der Waals surface area contributed by atoms with Crippen molar-refractivity contribution >= 4 is 17.5 Å². The number of hydrogen-bond donors (Lipinski definition) is 0.